The third kappa shape index (κ3) is 4.51. The van der Waals surface area contributed by atoms with E-state index in [-0.39, 0.29) is 0 Å². The van der Waals surface area contributed by atoms with E-state index >= 15 is 0 Å². The summed E-state index contributed by atoms with van der Waals surface area (Å²) >= 11 is 0. The molecule has 1 aromatic carbocycles. The number of hydrogen-bond donors (Lipinski definition) is 2. The lowest BCUT2D eigenvalue weighted by molar-refractivity contribution is 0.339. The van der Waals surface area contributed by atoms with E-state index in [0.717, 1.165) is 18.6 Å². The van der Waals surface area contributed by atoms with Crippen LogP contribution in [0.15, 0.2) is 18.2 Å². The smallest absolute Gasteiger partial charge is 0.119 e. The van der Waals surface area contributed by atoms with E-state index in [1.54, 1.807) is 0 Å². The number of hydrogen-bond acceptors (Lipinski definition) is 3. The molecule has 19 heavy (non-hydrogen) atoms. The predicted molar refractivity (Wildman–Crippen MR) is 81.6 cm³/mol. The van der Waals surface area contributed by atoms with Crippen molar-refractivity contribution in [1.82, 2.24) is 0 Å². The first kappa shape index (κ1) is 16.0. The number of aryl methyl sites for hydroxylation is 1. The van der Waals surface area contributed by atoms with Gasteiger partial charge < -0.3 is 16.2 Å². The molecule has 0 aliphatic carbocycles. The van der Waals surface area contributed by atoms with Crippen LogP contribution in [0.4, 0.5) is 0 Å². The molecular formula is C16H28N2O. The third-order valence-corrected chi connectivity index (χ3v) is 3.77. The fourth-order valence-corrected chi connectivity index (χ4v) is 2.57. The highest BCUT2D eigenvalue weighted by Crippen LogP contribution is 2.31. The number of rotatable bonds is 8. The zero-order valence-corrected chi connectivity index (χ0v) is 12.5. The summed E-state index contributed by atoms with van der Waals surface area (Å²) in [4.78, 5) is 0. The summed E-state index contributed by atoms with van der Waals surface area (Å²) in [6.45, 7) is 8.43. The summed E-state index contributed by atoms with van der Waals surface area (Å²) in [5.74, 6) is 1.90. The average molecular weight is 264 g/mol. The first-order valence-corrected chi connectivity index (χ1v) is 7.29. The van der Waals surface area contributed by atoms with Crippen molar-refractivity contribution in [2.24, 2.45) is 17.4 Å². The van der Waals surface area contributed by atoms with Gasteiger partial charge in [0, 0.05) is 0 Å². The first-order chi connectivity index (χ1) is 9.15. The van der Waals surface area contributed by atoms with Gasteiger partial charge in [0.2, 0.25) is 0 Å². The summed E-state index contributed by atoms with van der Waals surface area (Å²) in [5, 5.41) is 0. The van der Waals surface area contributed by atoms with Crippen molar-refractivity contribution >= 4 is 0 Å². The Balaban J connectivity index is 2.86. The van der Waals surface area contributed by atoms with Gasteiger partial charge in [-0.2, -0.15) is 0 Å². The van der Waals surface area contributed by atoms with Crippen LogP contribution in [-0.2, 0) is 0 Å². The Kier molecular flexibility index (Phi) is 6.89. The molecule has 0 fully saturated rings. The summed E-state index contributed by atoms with van der Waals surface area (Å²) in [7, 11) is 0. The summed E-state index contributed by atoms with van der Waals surface area (Å²) in [5.41, 5.74) is 14.2. The Labute approximate surface area is 117 Å². The van der Waals surface area contributed by atoms with Crippen LogP contribution in [0.25, 0.3) is 0 Å². The maximum atomic E-state index is 5.77. The molecule has 0 amide bonds. The molecule has 3 heteroatoms. The fourth-order valence-electron chi connectivity index (χ4n) is 2.57. The highest BCUT2D eigenvalue weighted by molar-refractivity contribution is 5.37. The second kappa shape index (κ2) is 8.18. The molecule has 0 aliphatic rings. The van der Waals surface area contributed by atoms with Crippen molar-refractivity contribution in [1.29, 1.82) is 0 Å². The lowest BCUT2D eigenvalue weighted by atomic mass is 9.85. The molecule has 1 unspecified atom stereocenters. The molecule has 4 N–H and O–H groups in total. The van der Waals surface area contributed by atoms with Crippen LogP contribution in [0.3, 0.4) is 0 Å². The van der Waals surface area contributed by atoms with Crippen molar-refractivity contribution in [2.45, 2.75) is 39.5 Å². The summed E-state index contributed by atoms with van der Waals surface area (Å²) in [6, 6.07) is 6.38. The molecule has 1 aromatic rings. The number of benzene rings is 1. The van der Waals surface area contributed by atoms with Gasteiger partial charge in [0.15, 0.2) is 0 Å². The molecule has 0 saturated carbocycles. The molecule has 0 aliphatic heterocycles. The van der Waals surface area contributed by atoms with Gasteiger partial charge in [-0.25, -0.2) is 0 Å². The van der Waals surface area contributed by atoms with E-state index in [1.165, 1.54) is 11.1 Å². The van der Waals surface area contributed by atoms with Gasteiger partial charge >= 0.3 is 0 Å². The first-order valence-electron chi connectivity index (χ1n) is 7.29. The monoisotopic (exact) mass is 264 g/mol. The lowest BCUT2D eigenvalue weighted by Crippen LogP contribution is -2.25. The van der Waals surface area contributed by atoms with Gasteiger partial charge in [0.1, 0.15) is 5.75 Å². The Hall–Kier alpha value is -1.06. The van der Waals surface area contributed by atoms with E-state index in [9.17, 15) is 0 Å². The highest BCUT2D eigenvalue weighted by Gasteiger charge is 2.17. The van der Waals surface area contributed by atoms with Crippen molar-refractivity contribution in [2.75, 3.05) is 19.7 Å². The Morgan fingerprint density at radius 2 is 1.84 bits per heavy atom. The van der Waals surface area contributed by atoms with Crippen molar-refractivity contribution in [3.05, 3.63) is 29.3 Å². The van der Waals surface area contributed by atoms with Crippen LogP contribution in [0, 0.1) is 12.8 Å². The quantitative estimate of drug-likeness (QED) is 0.759. The molecule has 0 heterocycles. The molecule has 1 atom stereocenters. The largest absolute Gasteiger partial charge is 0.494 e. The van der Waals surface area contributed by atoms with Gasteiger partial charge in [-0.1, -0.05) is 13.0 Å². The minimum absolute atomic E-state index is 0.413. The van der Waals surface area contributed by atoms with Crippen molar-refractivity contribution < 1.29 is 4.74 Å². The van der Waals surface area contributed by atoms with Crippen LogP contribution in [0.5, 0.6) is 5.75 Å². The molecule has 0 spiro atoms. The molecule has 0 saturated heterocycles. The highest BCUT2D eigenvalue weighted by atomic mass is 16.5. The summed E-state index contributed by atoms with van der Waals surface area (Å²) < 4.78 is 5.54. The Morgan fingerprint density at radius 3 is 2.32 bits per heavy atom. The van der Waals surface area contributed by atoms with Crippen molar-refractivity contribution in [3.8, 4) is 5.75 Å². The third-order valence-electron chi connectivity index (χ3n) is 3.77. The molecule has 0 bridgehead atoms. The van der Waals surface area contributed by atoms with Gasteiger partial charge in [-0.3, -0.25) is 0 Å². The minimum atomic E-state index is 0.413. The second-order valence-electron chi connectivity index (χ2n) is 5.13. The van der Waals surface area contributed by atoms with Crippen LogP contribution >= 0.6 is 0 Å². The summed E-state index contributed by atoms with van der Waals surface area (Å²) in [6.07, 6.45) is 2.18. The van der Waals surface area contributed by atoms with Gasteiger partial charge in [0.25, 0.3) is 0 Å². The number of nitrogens with two attached hydrogens (primary N) is 2. The van der Waals surface area contributed by atoms with Crippen LogP contribution in [0.1, 0.15) is 43.7 Å². The Morgan fingerprint density at radius 1 is 1.16 bits per heavy atom. The predicted octanol–water partition coefficient (Wildman–Crippen LogP) is 2.81. The van der Waals surface area contributed by atoms with E-state index in [1.807, 2.05) is 6.92 Å². The SMILES string of the molecule is CCOc1ccc(C(CC)CC(CN)CN)c(C)c1. The van der Waals surface area contributed by atoms with Gasteiger partial charge in [0.05, 0.1) is 6.61 Å². The normalized spacial score (nSPS) is 12.7. The molecular weight excluding hydrogens is 236 g/mol. The van der Waals surface area contributed by atoms with E-state index < -0.39 is 0 Å². The Bertz CT molecular complexity index is 375. The van der Waals surface area contributed by atoms with Gasteiger partial charge in [-0.05, 0) is 74.9 Å². The fraction of sp³-hybridized carbons (Fsp3) is 0.625. The second-order valence-corrected chi connectivity index (χ2v) is 5.13. The van der Waals surface area contributed by atoms with E-state index in [4.69, 9.17) is 16.2 Å². The standard InChI is InChI=1S/C16H28N2O/c1-4-14(9-13(10-17)11-18)16-7-6-15(19-5-2)8-12(16)3/h6-8,13-14H,4-5,9-11,17-18H2,1-3H3. The van der Waals surface area contributed by atoms with Crippen LogP contribution in [-0.4, -0.2) is 19.7 Å². The topological polar surface area (TPSA) is 61.3 Å². The maximum Gasteiger partial charge on any atom is 0.119 e. The molecule has 1 rings (SSSR count). The minimum Gasteiger partial charge on any atom is -0.494 e. The average Bonchev–Trinajstić information content (AvgIpc) is 2.42. The van der Waals surface area contributed by atoms with Crippen molar-refractivity contribution in [3.63, 3.8) is 0 Å². The molecule has 0 aromatic heterocycles. The number of ether oxygens (including phenoxy) is 1. The zero-order valence-electron chi connectivity index (χ0n) is 12.5. The maximum absolute atomic E-state index is 5.77. The van der Waals surface area contributed by atoms with E-state index in [2.05, 4.69) is 32.0 Å². The van der Waals surface area contributed by atoms with E-state index in [0.29, 0.717) is 31.5 Å². The lowest BCUT2D eigenvalue weighted by Gasteiger charge is -2.23. The molecule has 108 valence electrons. The van der Waals surface area contributed by atoms with Gasteiger partial charge in [-0.15, -0.1) is 0 Å². The zero-order chi connectivity index (χ0) is 14.3. The van der Waals surface area contributed by atoms with Crippen LogP contribution < -0.4 is 16.2 Å². The van der Waals surface area contributed by atoms with Crippen LogP contribution in [0.2, 0.25) is 0 Å². The molecule has 0 radical (unpaired) electrons. The molecule has 3 nitrogen and oxygen atoms in total.